The minimum Gasteiger partial charge on any atom is -0.314 e. The maximum absolute atomic E-state index is 12.9. The van der Waals surface area contributed by atoms with Crippen LogP contribution >= 0.6 is 12.4 Å². The summed E-state index contributed by atoms with van der Waals surface area (Å²) in [4.78, 5) is 2.17. The summed E-state index contributed by atoms with van der Waals surface area (Å²) in [5, 5.41) is 3.27. The molecule has 1 heterocycles. The molecule has 0 unspecified atom stereocenters. The van der Waals surface area contributed by atoms with Crippen molar-refractivity contribution in [2.75, 3.05) is 26.2 Å². The molecule has 1 saturated heterocycles. The van der Waals surface area contributed by atoms with Gasteiger partial charge < -0.3 is 5.32 Å². The van der Waals surface area contributed by atoms with Gasteiger partial charge in [-0.2, -0.15) is 0 Å². The molecule has 5 heteroatoms. The Bertz CT molecular complexity index is 403. The van der Waals surface area contributed by atoms with Crippen LogP contribution < -0.4 is 5.32 Å². The highest BCUT2D eigenvalue weighted by Gasteiger charge is 2.25. The maximum atomic E-state index is 12.9. The zero-order chi connectivity index (χ0) is 14.5. The first-order chi connectivity index (χ1) is 9.58. The Morgan fingerprint density at radius 3 is 2.05 bits per heavy atom. The lowest BCUT2D eigenvalue weighted by atomic mass is 9.96. The third-order valence-electron chi connectivity index (χ3n) is 3.98. The van der Waals surface area contributed by atoms with E-state index < -0.39 is 6.43 Å². The molecule has 21 heavy (non-hydrogen) atoms. The van der Waals surface area contributed by atoms with Gasteiger partial charge in [-0.05, 0) is 17.0 Å². The van der Waals surface area contributed by atoms with Crippen molar-refractivity contribution in [3.63, 3.8) is 0 Å². The Morgan fingerprint density at radius 2 is 1.57 bits per heavy atom. The van der Waals surface area contributed by atoms with Crippen LogP contribution in [0.15, 0.2) is 24.3 Å². The highest BCUT2D eigenvalue weighted by Crippen LogP contribution is 2.28. The predicted molar refractivity (Wildman–Crippen MR) is 85.6 cm³/mol. The minimum absolute atomic E-state index is 0. The number of benzene rings is 1. The molecule has 0 aliphatic carbocycles. The summed E-state index contributed by atoms with van der Waals surface area (Å²) < 4.78 is 25.8. The minimum atomic E-state index is -2.26. The summed E-state index contributed by atoms with van der Waals surface area (Å²) in [5.41, 5.74) is 2.27. The van der Waals surface area contributed by atoms with Crippen molar-refractivity contribution in [1.29, 1.82) is 0 Å². The second-order valence-electron chi connectivity index (χ2n) is 5.75. The van der Waals surface area contributed by atoms with Crippen LogP contribution in [0.25, 0.3) is 0 Å². The number of piperazine rings is 1. The van der Waals surface area contributed by atoms with E-state index in [1.807, 2.05) is 12.1 Å². The molecule has 2 nitrogen and oxygen atoms in total. The number of hydrogen-bond donors (Lipinski definition) is 1. The number of nitrogens with one attached hydrogen (secondary N) is 1. The van der Waals surface area contributed by atoms with Crippen LogP contribution in [0.4, 0.5) is 8.78 Å². The van der Waals surface area contributed by atoms with E-state index in [4.69, 9.17) is 0 Å². The molecule has 0 aromatic heterocycles. The van der Waals surface area contributed by atoms with Crippen molar-refractivity contribution in [1.82, 2.24) is 10.2 Å². The zero-order valence-electron chi connectivity index (χ0n) is 12.7. The van der Waals surface area contributed by atoms with Crippen LogP contribution in [0.5, 0.6) is 0 Å². The molecule has 1 N–H and O–H groups in total. The molecular weight excluding hydrogens is 294 g/mol. The first-order valence-electron chi connectivity index (χ1n) is 7.40. The predicted octanol–water partition coefficient (Wildman–Crippen LogP) is 3.83. The molecule has 1 aromatic rings. The second-order valence-corrected chi connectivity index (χ2v) is 5.75. The second kappa shape index (κ2) is 8.66. The Hall–Kier alpha value is -0.710. The molecule has 0 spiro atoms. The fourth-order valence-electron chi connectivity index (χ4n) is 2.76. The van der Waals surface area contributed by atoms with Crippen molar-refractivity contribution in [3.8, 4) is 0 Å². The van der Waals surface area contributed by atoms with Gasteiger partial charge in [0, 0.05) is 38.6 Å². The monoisotopic (exact) mass is 318 g/mol. The van der Waals surface area contributed by atoms with Gasteiger partial charge in [-0.25, -0.2) is 8.78 Å². The number of halogens is 3. The van der Waals surface area contributed by atoms with Crippen molar-refractivity contribution in [2.45, 2.75) is 38.7 Å². The van der Waals surface area contributed by atoms with E-state index in [0.717, 1.165) is 31.7 Å². The van der Waals surface area contributed by atoms with Gasteiger partial charge in [0.05, 0.1) is 0 Å². The van der Waals surface area contributed by atoms with Crippen LogP contribution in [0, 0.1) is 0 Å². The summed E-state index contributed by atoms with van der Waals surface area (Å²) >= 11 is 0. The van der Waals surface area contributed by atoms with Gasteiger partial charge >= 0.3 is 0 Å². The van der Waals surface area contributed by atoms with E-state index in [2.05, 4.69) is 36.2 Å². The van der Waals surface area contributed by atoms with Gasteiger partial charge in [-0.15, -0.1) is 12.4 Å². The van der Waals surface area contributed by atoms with E-state index in [1.165, 1.54) is 5.56 Å². The quantitative estimate of drug-likeness (QED) is 0.887. The number of rotatable bonds is 5. The maximum Gasteiger partial charge on any atom is 0.240 e. The SMILES string of the molecule is CC(C)c1ccc([C@@H](CC(F)F)N2CCNCC2)cc1.Cl. The topological polar surface area (TPSA) is 15.3 Å². The lowest BCUT2D eigenvalue weighted by molar-refractivity contribution is 0.0739. The van der Waals surface area contributed by atoms with Crippen LogP contribution in [-0.2, 0) is 0 Å². The average molecular weight is 319 g/mol. The number of nitrogens with zero attached hydrogens (tertiary/aromatic N) is 1. The van der Waals surface area contributed by atoms with E-state index >= 15 is 0 Å². The molecule has 0 radical (unpaired) electrons. The van der Waals surface area contributed by atoms with E-state index in [9.17, 15) is 8.78 Å². The van der Waals surface area contributed by atoms with Crippen molar-refractivity contribution in [2.24, 2.45) is 0 Å². The third kappa shape index (κ3) is 5.20. The molecule has 1 aliphatic rings. The molecular formula is C16H25ClF2N2. The molecule has 0 saturated carbocycles. The molecule has 0 amide bonds. The van der Waals surface area contributed by atoms with Crippen LogP contribution in [0.3, 0.4) is 0 Å². The van der Waals surface area contributed by atoms with Crippen molar-refractivity contribution < 1.29 is 8.78 Å². The lowest BCUT2D eigenvalue weighted by Crippen LogP contribution is -2.45. The molecule has 0 bridgehead atoms. The molecule has 1 aliphatic heterocycles. The van der Waals surface area contributed by atoms with Gasteiger partial charge in [0.15, 0.2) is 0 Å². The summed E-state index contributed by atoms with van der Waals surface area (Å²) in [7, 11) is 0. The zero-order valence-corrected chi connectivity index (χ0v) is 13.5. The first-order valence-corrected chi connectivity index (χ1v) is 7.40. The highest BCUT2D eigenvalue weighted by molar-refractivity contribution is 5.85. The molecule has 120 valence electrons. The third-order valence-corrected chi connectivity index (χ3v) is 3.98. The number of hydrogen-bond acceptors (Lipinski definition) is 2. The standard InChI is InChI=1S/C16H24F2N2.ClH/c1-12(2)13-3-5-14(6-4-13)15(11-16(17)18)20-9-7-19-8-10-20;/h3-6,12,15-16,19H,7-11H2,1-2H3;1H/t15-;/m1./s1. The first kappa shape index (κ1) is 18.3. The highest BCUT2D eigenvalue weighted by atomic mass is 35.5. The van der Waals surface area contributed by atoms with E-state index in [1.54, 1.807) is 0 Å². The van der Waals surface area contributed by atoms with Crippen LogP contribution in [0.1, 0.15) is 43.4 Å². The van der Waals surface area contributed by atoms with Crippen molar-refractivity contribution >= 4 is 12.4 Å². The fourth-order valence-corrected chi connectivity index (χ4v) is 2.76. The summed E-state index contributed by atoms with van der Waals surface area (Å²) in [6.45, 7) is 7.71. The summed E-state index contributed by atoms with van der Waals surface area (Å²) in [6, 6.07) is 8.01. The van der Waals surface area contributed by atoms with E-state index in [-0.39, 0.29) is 24.9 Å². The summed E-state index contributed by atoms with van der Waals surface area (Å²) in [6.07, 6.45) is -2.35. The largest absolute Gasteiger partial charge is 0.314 e. The number of alkyl halides is 2. The Morgan fingerprint density at radius 1 is 1.05 bits per heavy atom. The average Bonchev–Trinajstić information content (AvgIpc) is 2.45. The molecule has 1 fully saturated rings. The van der Waals surface area contributed by atoms with Gasteiger partial charge in [0.2, 0.25) is 6.43 Å². The van der Waals surface area contributed by atoms with Crippen LogP contribution in [-0.4, -0.2) is 37.5 Å². The van der Waals surface area contributed by atoms with E-state index in [0.29, 0.717) is 5.92 Å². The normalized spacial score (nSPS) is 17.8. The van der Waals surface area contributed by atoms with Gasteiger partial charge in [0.25, 0.3) is 0 Å². The smallest absolute Gasteiger partial charge is 0.240 e. The lowest BCUT2D eigenvalue weighted by Gasteiger charge is -2.35. The molecule has 2 rings (SSSR count). The van der Waals surface area contributed by atoms with Gasteiger partial charge in [-0.3, -0.25) is 4.90 Å². The Balaban J connectivity index is 0.00000220. The molecule has 1 atom stereocenters. The fraction of sp³-hybridized carbons (Fsp3) is 0.625. The molecule has 1 aromatic carbocycles. The van der Waals surface area contributed by atoms with Crippen LogP contribution in [0.2, 0.25) is 0 Å². The summed E-state index contributed by atoms with van der Waals surface area (Å²) in [5.74, 6) is 0.469. The van der Waals surface area contributed by atoms with Crippen molar-refractivity contribution in [3.05, 3.63) is 35.4 Å². The Labute approximate surface area is 132 Å². The van der Waals surface area contributed by atoms with Gasteiger partial charge in [0.1, 0.15) is 0 Å². The Kier molecular flexibility index (Phi) is 7.57. The van der Waals surface area contributed by atoms with Gasteiger partial charge in [-0.1, -0.05) is 38.1 Å².